The van der Waals surface area contributed by atoms with Gasteiger partial charge >= 0.3 is 0 Å². The van der Waals surface area contributed by atoms with Crippen molar-refractivity contribution in [2.75, 3.05) is 7.05 Å². The van der Waals surface area contributed by atoms with Gasteiger partial charge in [0.2, 0.25) is 0 Å². The fourth-order valence-electron chi connectivity index (χ4n) is 3.66. The van der Waals surface area contributed by atoms with Crippen LogP contribution in [0.3, 0.4) is 0 Å². The average Bonchev–Trinajstić information content (AvgIpc) is 2.98. The van der Waals surface area contributed by atoms with Gasteiger partial charge in [-0.25, -0.2) is 9.37 Å². The van der Waals surface area contributed by atoms with Gasteiger partial charge in [-0.15, -0.1) is 11.3 Å². The predicted octanol–water partition coefficient (Wildman–Crippen LogP) is 3.62. The number of aryl methyl sites for hydroxylation is 2. The fraction of sp³-hybridized carbons (Fsp3) is 0.217. The smallest absolute Gasteiger partial charge is 0.260 e. The molecule has 0 saturated carbocycles. The first-order chi connectivity index (χ1) is 13.9. The van der Waals surface area contributed by atoms with E-state index in [4.69, 9.17) is 4.98 Å². The van der Waals surface area contributed by atoms with Crippen molar-refractivity contribution in [3.63, 3.8) is 0 Å². The zero-order valence-electron chi connectivity index (χ0n) is 16.7. The molecule has 148 valence electrons. The number of hydrogen-bond donors (Lipinski definition) is 2. The molecule has 0 saturated heterocycles. The van der Waals surface area contributed by atoms with E-state index in [-0.39, 0.29) is 11.4 Å². The maximum Gasteiger partial charge on any atom is 0.260 e. The average molecular weight is 409 g/mol. The first kappa shape index (κ1) is 19.5. The molecule has 4 rings (SSSR count). The maximum absolute atomic E-state index is 13.4. The second-order valence-corrected chi connectivity index (χ2v) is 8.74. The third kappa shape index (κ3) is 4.13. The van der Waals surface area contributed by atoms with E-state index in [1.165, 1.54) is 11.6 Å². The number of rotatable bonds is 5. The molecule has 1 unspecified atom stereocenters. The van der Waals surface area contributed by atoms with Gasteiger partial charge in [0.25, 0.3) is 5.56 Å². The first-order valence-electron chi connectivity index (χ1n) is 9.56. The van der Waals surface area contributed by atoms with Gasteiger partial charge in [-0.2, -0.15) is 0 Å². The number of halogens is 1. The molecule has 4 aromatic rings. The summed E-state index contributed by atoms with van der Waals surface area (Å²) in [6, 6.07) is 14.8. The Morgan fingerprint density at radius 3 is 2.59 bits per heavy atom. The highest BCUT2D eigenvalue weighted by Crippen LogP contribution is 2.35. The number of nitrogens with zero attached hydrogens (tertiary/aromatic N) is 1. The van der Waals surface area contributed by atoms with Gasteiger partial charge in [-0.05, 0) is 31.5 Å². The number of fused-ring (bicyclic) bond motifs is 1. The van der Waals surface area contributed by atoms with E-state index in [0.717, 1.165) is 31.3 Å². The minimum Gasteiger partial charge on any atom is -0.327 e. The molecule has 2 heterocycles. The van der Waals surface area contributed by atoms with Gasteiger partial charge in [0.15, 0.2) is 5.82 Å². The topological polar surface area (TPSA) is 50.2 Å². The number of H-pyrrole nitrogens is 1. The quantitative estimate of drug-likeness (QED) is 0.530. The van der Waals surface area contributed by atoms with Crippen molar-refractivity contribution < 1.29 is 9.29 Å². The van der Waals surface area contributed by atoms with Crippen LogP contribution in [-0.4, -0.2) is 17.0 Å². The first-order valence-corrected chi connectivity index (χ1v) is 10.4. The fourth-order valence-corrected chi connectivity index (χ4v) is 4.72. The Balaban J connectivity index is 1.64. The molecule has 2 aromatic heterocycles. The molecule has 1 atom stereocenters. The zero-order valence-corrected chi connectivity index (χ0v) is 17.5. The third-order valence-corrected chi connectivity index (χ3v) is 5.99. The van der Waals surface area contributed by atoms with Crippen LogP contribution in [0.4, 0.5) is 4.39 Å². The number of thiophene rings is 1. The number of aromatic amines is 1. The van der Waals surface area contributed by atoms with Gasteiger partial charge in [-0.3, -0.25) is 4.79 Å². The summed E-state index contributed by atoms with van der Waals surface area (Å²) in [6.45, 7) is 5.28. The van der Waals surface area contributed by atoms with Gasteiger partial charge < -0.3 is 9.88 Å². The lowest BCUT2D eigenvalue weighted by Gasteiger charge is -2.13. The molecular weight excluding hydrogens is 385 g/mol. The minimum absolute atomic E-state index is 0.108. The van der Waals surface area contributed by atoms with Crippen molar-refractivity contribution in [3.05, 3.63) is 86.5 Å². The standard InChI is InChI=1S/C23H22FN3OS/c1-14-7-9-17(10-8-14)20-15(2)29-23-21(20)22(28)25-19(26-23)13-27(3)12-16-5-4-6-18(24)11-16/h4-11H,12-13H2,1-3H3,(H,25,26,28)/p+1. The van der Waals surface area contributed by atoms with Gasteiger partial charge in [0, 0.05) is 16.0 Å². The maximum atomic E-state index is 13.4. The van der Waals surface area contributed by atoms with Crippen molar-refractivity contribution >= 4 is 21.6 Å². The Bertz CT molecular complexity index is 1230. The molecule has 0 radical (unpaired) electrons. The van der Waals surface area contributed by atoms with Gasteiger partial charge in [0.05, 0.1) is 12.4 Å². The van der Waals surface area contributed by atoms with Crippen molar-refractivity contribution in [2.45, 2.75) is 26.9 Å². The van der Waals surface area contributed by atoms with Crippen molar-refractivity contribution in [1.29, 1.82) is 0 Å². The number of aromatic nitrogens is 2. The second-order valence-electron chi connectivity index (χ2n) is 7.53. The lowest BCUT2D eigenvalue weighted by atomic mass is 10.0. The monoisotopic (exact) mass is 408 g/mol. The van der Waals surface area contributed by atoms with Crippen molar-refractivity contribution in [2.24, 2.45) is 0 Å². The Morgan fingerprint density at radius 2 is 1.86 bits per heavy atom. The van der Waals surface area contributed by atoms with Crippen LogP contribution >= 0.6 is 11.3 Å². The Morgan fingerprint density at radius 1 is 1.10 bits per heavy atom. The Labute approximate surface area is 172 Å². The summed E-state index contributed by atoms with van der Waals surface area (Å²) in [7, 11) is 2.01. The minimum atomic E-state index is -0.235. The van der Waals surface area contributed by atoms with Gasteiger partial charge in [0.1, 0.15) is 23.7 Å². The summed E-state index contributed by atoms with van der Waals surface area (Å²) in [5.74, 6) is 0.411. The Hall–Kier alpha value is -2.83. The Kier molecular flexibility index (Phi) is 5.30. The molecule has 0 bridgehead atoms. The van der Waals surface area contributed by atoms with E-state index >= 15 is 0 Å². The highest BCUT2D eigenvalue weighted by atomic mass is 32.1. The summed E-state index contributed by atoms with van der Waals surface area (Å²) in [6.07, 6.45) is 0. The van der Waals surface area contributed by atoms with Crippen LogP contribution in [-0.2, 0) is 13.1 Å². The molecule has 0 fully saturated rings. The van der Waals surface area contributed by atoms with Crippen LogP contribution < -0.4 is 10.5 Å². The molecule has 2 N–H and O–H groups in total. The second kappa shape index (κ2) is 7.89. The molecule has 0 aliphatic heterocycles. The van der Waals surface area contributed by atoms with Crippen molar-refractivity contribution in [1.82, 2.24) is 9.97 Å². The molecular formula is C23H23FN3OS+. The van der Waals surface area contributed by atoms with Crippen LogP contribution in [0.15, 0.2) is 53.3 Å². The van der Waals surface area contributed by atoms with Gasteiger partial charge in [-0.1, -0.05) is 42.0 Å². The summed E-state index contributed by atoms with van der Waals surface area (Å²) >= 11 is 1.55. The molecule has 4 nitrogen and oxygen atoms in total. The number of benzene rings is 2. The van der Waals surface area contributed by atoms with E-state index in [0.29, 0.717) is 24.3 Å². The summed E-state index contributed by atoms with van der Waals surface area (Å²) in [5.41, 5.74) is 3.99. The largest absolute Gasteiger partial charge is 0.327 e. The lowest BCUT2D eigenvalue weighted by molar-refractivity contribution is -0.908. The van der Waals surface area contributed by atoms with E-state index < -0.39 is 0 Å². The molecule has 0 aliphatic rings. The van der Waals surface area contributed by atoms with Crippen LogP contribution in [0.1, 0.15) is 21.8 Å². The van der Waals surface area contributed by atoms with Crippen LogP contribution in [0.2, 0.25) is 0 Å². The van der Waals surface area contributed by atoms with Crippen LogP contribution in [0.5, 0.6) is 0 Å². The summed E-state index contributed by atoms with van der Waals surface area (Å²) < 4.78 is 13.4. The number of hydrogen-bond acceptors (Lipinski definition) is 3. The highest BCUT2D eigenvalue weighted by Gasteiger charge is 2.18. The summed E-state index contributed by atoms with van der Waals surface area (Å²) in [4.78, 5) is 23.6. The molecule has 2 aromatic carbocycles. The predicted molar refractivity (Wildman–Crippen MR) is 116 cm³/mol. The van der Waals surface area contributed by atoms with E-state index in [1.807, 2.05) is 39.1 Å². The normalized spacial score (nSPS) is 12.4. The molecule has 29 heavy (non-hydrogen) atoms. The zero-order chi connectivity index (χ0) is 20.5. The van der Waals surface area contributed by atoms with Crippen molar-refractivity contribution in [3.8, 4) is 11.1 Å². The summed E-state index contributed by atoms with van der Waals surface area (Å²) in [5, 5.41) is 0.655. The molecule has 0 aliphatic carbocycles. The van der Waals surface area contributed by atoms with Crippen LogP contribution in [0, 0.1) is 19.7 Å². The third-order valence-electron chi connectivity index (χ3n) is 4.99. The number of nitrogens with one attached hydrogen (secondary N) is 2. The lowest BCUT2D eigenvalue weighted by Crippen LogP contribution is -3.06. The highest BCUT2D eigenvalue weighted by molar-refractivity contribution is 7.19. The van der Waals surface area contributed by atoms with E-state index in [2.05, 4.69) is 17.1 Å². The molecule has 0 amide bonds. The van der Waals surface area contributed by atoms with Crippen LogP contribution in [0.25, 0.3) is 21.3 Å². The van der Waals surface area contributed by atoms with E-state index in [1.54, 1.807) is 23.5 Å². The van der Waals surface area contributed by atoms with E-state index in [9.17, 15) is 9.18 Å². The number of quaternary nitrogens is 1. The SMILES string of the molecule is Cc1ccc(-c2c(C)sc3nc(C[NH+](C)Cc4cccc(F)c4)[nH]c(=O)c23)cc1. The molecule has 6 heteroatoms. The molecule has 0 spiro atoms.